The van der Waals surface area contributed by atoms with Gasteiger partial charge in [-0.1, -0.05) is 219 Å². The Labute approximate surface area is 282 Å². The Morgan fingerprint density at radius 1 is 0.422 bits per heavy atom. The molecule has 0 aromatic heterocycles. The van der Waals surface area contributed by atoms with Crippen molar-refractivity contribution in [3.05, 3.63) is 29.3 Å². The standard InChI is InChI=1S/C43H78O2/c1-3-5-7-9-11-13-15-17-19-21-23-25-27-29-31-33-36-41-37-35-39-43(45-40-44)42(41)38-34-32-30-28-26-24-22-20-18-16-14-12-10-8-6-4-2/h35,37,39-40H,3-34,36,38H2,1-2H3. The topological polar surface area (TPSA) is 26.3 Å². The summed E-state index contributed by atoms with van der Waals surface area (Å²) >= 11 is 0. The molecule has 2 heteroatoms. The van der Waals surface area contributed by atoms with Crippen LogP contribution in [0.4, 0.5) is 0 Å². The number of carbonyl (C=O) groups is 1. The average molecular weight is 627 g/mol. The minimum Gasteiger partial charge on any atom is -0.428 e. The van der Waals surface area contributed by atoms with Crippen LogP contribution in [0.25, 0.3) is 0 Å². The summed E-state index contributed by atoms with van der Waals surface area (Å²) in [6.07, 6.45) is 46.9. The van der Waals surface area contributed by atoms with Crippen LogP contribution in [0, 0.1) is 0 Å². The number of hydrogen-bond acceptors (Lipinski definition) is 2. The molecule has 0 aliphatic heterocycles. The van der Waals surface area contributed by atoms with E-state index < -0.39 is 0 Å². The molecule has 1 aromatic carbocycles. The Morgan fingerprint density at radius 2 is 0.733 bits per heavy atom. The fourth-order valence-corrected chi connectivity index (χ4v) is 7.00. The van der Waals surface area contributed by atoms with Crippen LogP contribution in [0.3, 0.4) is 0 Å². The molecular formula is C43H78O2. The average Bonchev–Trinajstić information content (AvgIpc) is 3.05. The summed E-state index contributed by atoms with van der Waals surface area (Å²) in [7, 11) is 0. The summed E-state index contributed by atoms with van der Waals surface area (Å²) < 4.78 is 5.41. The first-order chi connectivity index (χ1) is 22.3. The molecule has 0 aliphatic carbocycles. The maximum atomic E-state index is 11.2. The van der Waals surface area contributed by atoms with E-state index in [0.717, 1.165) is 18.6 Å². The fourth-order valence-electron chi connectivity index (χ4n) is 7.00. The number of unbranched alkanes of at least 4 members (excludes halogenated alkanes) is 30. The molecular weight excluding hydrogens is 548 g/mol. The van der Waals surface area contributed by atoms with Crippen molar-refractivity contribution in [2.75, 3.05) is 0 Å². The molecule has 0 saturated heterocycles. The first-order valence-corrected chi connectivity index (χ1v) is 20.5. The molecule has 0 heterocycles. The summed E-state index contributed by atoms with van der Waals surface area (Å²) in [4.78, 5) is 11.2. The smallest absolute Gasteiger partial charge is 0.298 e. The van der Waals surface area contributed by atoms with Gasteiger partial charge in [-0.15, -0.1) is 0 Å². The van der Waals surface area contributed by atoms with Gasteiger partial charge in [-0.3, -0.25) is 4.79 Å². The van der Waals surface area contributed by atoms with Crippen molar-refractivity contribution in [1.29, 1.82) is 0 Å². The molecule has 0 unspecified atom stereocenters. The van der Waals surface area contributed by atoms with E-state index in [4.69, 9.17) is 4.74 Å². The van der Waals surface area contributed by atoms with Crippen molar-refractivity contribution in [1.82, 2.24) is 0 Å². The Kier molecular flexibility index (Phi) is 31.6. The zero-order valence-electron chi connectivity index (χ0n) is 30.7. The van der Waals surface area contributed by atoms with Crippen LogP contribution in [0.5, 0.6) is 5.75 Å². The molecule has 0 radical (unpaired) electrons. The zero-order chi connectivity index (χ0) is 32.3. The third-order valence-corrected chi connectivity index (χ3v) is 9.99. The van der Waals surface area contributed by atoms with Crippen molar-refractivity contribution in [3.63, 3.8) is 0 Å². The van der Waals surface area contributed by atoms with E-state index in [1.807, 2.05) is 6.07 Å². The number of carbonyl (C=O) groups excluding carboxylic acids is 1. The van der Waals surface area contributed by atoms with E-state index in [0.29, 0.717) is 6.47 Å². The Bertz CT molecular complexity index is 741. The van der Waals surface area contributed by atoms with Gasteiger partial charge in [-0.2, -0.15) is 0 Å². The predicted molar refractivity (Wildman–Crippen MR) is 200 cm³/mol. The Hall–Kier alpha value is -1.31. The van der Waals surface area contributed by atoms with E-state index in [2.05, 4.69) is 26.0 Å². The highest BCUT2D eigenvalue weighted by atomic mass is 16.5. The van der Waals surface area contributed by atoms with Crippen molar-refractivity contribution in [2.24, 2.45) is 0 Å². The predicted octanol–water partition coefficient (Wildman–Crippen LogP) is 14.8. The molecule has 0 atom stereocenters. The maximum Gasteiger partial charge on any atom is 0.298 e. The Morgan fingerprint density at radius 3 is 1.07 bits per heavy atom. The van der Waals surface area contributed by atoms with Crippen molar-refractivity contribution in [2.45, 2.75) is 232 Å². The van der Waals surface area contributed by atoms with Gasteiger partial charge in [0.2, 0.25) is 0 Å². The molecule has 0 fully saturated rings. The van der Waals surface area contributed by atoms with E-state index in [1.54, 1.807) is 0 Å². The molecule has 0 aliphatic rings. The number of ether oxygens (including phenoxy) is 1. The van der Waals surface area contributed by atoms with Gasteiger partial charge < -0.3 is 4.74 Å². The fraction of sp³-hybridized carbons (Fsp3) is 0.837. The molecule has 1 rings (SSSR count). The van der Waals surface area contributed by atoms with Crippen molar-refractivity contribution < 1.29 is 9.53 Å². The second-order valence-corrected chi connectivity index (χ2v) is 14.2. The summed E-state index contributed by atoms with van der Waals surface area (Å²) in [6.45, 7) is 5.20. The normalized spacial score (nSPS) is 11.3. The molecule has 262 valence electrons. The molecule has 0 bridgehead atoms. The first-order valence-electron chi connectivity index (χ1n) is 20.5. The zero-order valence-corrected chi connectivity index (χ0v) is 30.7. The quantitative estimate of drug-likeness (QED) is 0.0547. The lowest BCUT2D eigenvalue weighted by molar-refractivity contribution is -0.120. The van der Waals surface area contributed by atoms with Crippen LogP contribution in [0.15, 0.2) is 18.2 Å². The molecule has 0 amide bonds. The van der Waals surface area contributed by atoms with Gasteiger partial charge in [-0.05, 0) is 42.9 Å². The maximum absolute atomic E-state index is 11.2. The summed E-state index contributed by atoms with van der Waals surface area (Å²) in [5, 5.41) is 0. The van der Waals surface area contributed by atoms with Gasteiger partial charge in [0.15, 0.2) is 0 Å². The molecule has 0 N–H and O–H groups in total. The van der Waals surface area contributed by atoms with Gasteiger partial charge >= 0.3 is 0 Å². The van der Waals surface area contributed by atoms with Crippen LogP contribution in [0.1, 0.15) is 230 Å². The van der Waals surface area contributed by atoms with Crippen LogP contribution in [-0.2, 0) is 17.6 Å². The van der Waals surface area contributed by atoms with Crippen LogP contribution in [-0.4, -0.2) is 6.47 Å². The minimum absolute atomic E-state index is 0.602. The summed E-state index contributed by atoms with van der Waals surface area (Å²) in [6, 6.07) is 6.32. The second-order valence-electron chi connectivity index (χ2n) is 14.2. The molecule has 1 aromatic rings. The second kappa shape index (κ2) is 34.0. The Balaban J connectivity index is 2.06. The van der Waals surface area contributed by atoms with E-state index in [-0.39, 0.29) is 0 Å². The molecule has 45 heavy (non-hydrogen) atoms. The number of rotatable bonds is 36. The van der Waals surface area contributed by atoms with E-state index in [9.17, 15) is 4.79 Å². The highest BCUT2D eigenvalue weighted by Gasteiger charge is 2.10. The third-order valence-electron chi connectivity index (χ3n) is 9.99. The lowest BCUT2D eigenvalue weighted by Crippen LogP contribution is -2.01. The van der Waals surface area contributed by atoms with Gasteiger partial charge in [-0.25, -0.2) is 0 Å². The summed E-state index contributed by atoms with van der Waals surface area (Å²) in [5.74, 6) is 0.792. The first kappa shape index (κ1) is 41.7. The molecule has 2 nitrogen and oxygen atoms in total. The van der Waals surface area contributed by atoms with Crippen molar-refractivity contribution in [3.8, 4) is 5.75 Å². The SMILES string of the molecule is CCCCCCCCCCCCCCCCCCc1cccc(OC=O)c1CCCCCCCCCCCCCCCCCC. The molecule has 0 spiro atoms. The third kappa shape index (κ3) is 26.5. The highest BCUT2D eigenvalue weighted by molar-refractivity contribution is 5.50. The lowest BCUT2D eigenvalue weighted by Gasteiger charge is -2.13. The van der Waals surface area contributed by atoms with Gasteiger partial charge in [0.1, 0.15) is 5.75 Å². The largest absolute Gasteiger partial charge is 0.428 e. The number of aryl methyl sites for hydroxylation is 1. The monoisotopic (exact) mass is 627 g/mol. The molecule has 0 saturated carbocycles. The highest BCUT2D eigenvalue weighted by Crippen LogP contribution is 2.27. The summed E-state index contributed by atoms with van der Waals surface area (Å²) in [5.41, 5.74) is 2.69. The van der Waals surface area contributed by atoms with Crippen LogP contribution in [0.2, 0.25) is 0 Å². The van der Waals surface area contributed by atoms with Crippen LogP contribution >= 0.6 is 0 Å². The minimum atomic E-state index is 0.602. The van der Waals surface area contributed by atoms with Crippen molar-refractivity contribution >= 4 is 6.47 Å². The van der Waals surface area contributed by atoms with Crippen LogP contribution < -0.4 is 4.74 Å². The van der Waals surface area contributed by atoms with Gasteiger partial charge in [0, 0.05) is 0 Å². The number of hydrogen-bond donors (Lipinski definition) is 0. The van der Waals surface area contributed by atoms with E-state index in [1.165, 1.54) is 217 Å². The lowest BCUT2D eigenvalue weighted by atomic mass is 9.95. The number of benzene rings is 1. The van der Waals surface area contributed by atoms with E-state index >= 15 is 0 Å². The van der Waals surface area contributed by atoms with Gasteiger partial charge in [0.05, 0.1) is 0 Å². The van der Waals surface area contributed by atoms with Gasteiger partial charge in [0.25, 0.3) is 6.47 Å².